The lowest BCUT2D eigenvalue weighted by Gasteiger charge is -2.18. The summed E-state index contributed by atoms with van der Waals surface area (Å²) in [6.45, 7) is 2.38. The third-order valence-corrected chi connectivity index (χ3v) is 5.56. The van der Waals surface area contributed by atoms with Gasteiger partial charge in [0.05, 0.1) is 23.0 Å². The van der Waals surface area contributed by atoms with E-state index in [0.717, 1.165) is 14.7 Å². The number of carbonyl (C=O) groups is 1. The largest absolute Gasteiger partial charge is 0.467 e. The van der Waals surface area contributed by atoms with Gasteiger partial charge < -0.3 is 4.42 Å². The standard InChI is InChI=1S/C20H15BrN2O2S/c1-13-4-9-17-18(11-13)26-20(22-17)23(12-16-3-2-10-25-16)19(24)14-5-7-15(21)8-6-14/h2-11H,12H2,1H3. The molecule has 0 aliphatic heterocycles. The van der Waals surface area contributed by atoms with Crippen molar-refractivity contribution in [2.24, 2.45) is 0 Å². The van der Waals surface area contributed by atoms with Gasteiger partial charge in [0, 0.05) is 10.0 Å². The van der Waals surface area contributed by atoms with Gasteiger partial charge in [-0.25, -0.2) is 4.98 Å². The van der Waals surface area contributed by atoms with Crippen molar-refractivity contribution in [3.63, 3.8) is 0 Å². The molecule has 2 aromatic carbocycles. The number of rotatable bonds is 4. The van der Waals surface area contributed by atoms with E-state index in [2.05, 4.69) is 27.0 Å². The first kappa shape index (κ1) is 17.0. The predicted molar refractivity (Wildman–Crippen MR) is 108 cm³/mol. The molecule has 2 aromatic heterocycles. The number of thiazole rings is 1. The molecule has 0 radical (unpaired) electrons. The number of hydrogen-bond donors (Lipinski definition) is 0. The Bertz CT molecular complexity index is 1060. The summed E-state index contributed by atoms with van der Waals surface area (Å²) in [7, 11) is 0. The second kappa shape index (κ2) is 7.05. The van der Waals surface area contributed by atoms with Gasteiger partial charge in [-0.3, -0.25) is 9.69 Å². The molecule has 4 aromatic rings. The number of nitrogens with zero attached hydrogens (tertiary/aromatic N) is 2. The number of benzene rings is 2. The normalized spacial score (nSPS) is 11.0. The molecule has 0 atom stereocenters. The molecule has 0 saturated heterocycles. The van der Waals surface area contributed by atoms with Crippen molar-refractivity contribution < 1.29 is 9.21 Å². The number of hydrogen-bond acceptors (Lipinski definition) is 4. The highest BCUT2D eigenvalue weighted by Crippen LogP contribution is 2.31. The maximum absolute atomic E-state index is 13.2. The summed E-state index contributed by atoms with van der Waals surface area (Å²) >= 11 is 4.92. The van der Waals surface area contributed by atoms with Crippen molar-refractivity contribution in [2.45, 2.75) is 13.5 Å². The van der Waals surface area contributed by atoms with Gasteiger partial charge in [-0.05, 0) is 61.0 Å². The average Bonchev–Trinajstić information content (AvgIpc) is 3.28. The lowest BCUT2D eigenvalue weighted by molar-refractivity contribution is 0.0983. The minimum Gasteiger partial charge on any atom is -0.467 e. The molecule has 0 aliphatic carbocycles. The van der Waals surface area contributed by atoms with Gasteiger partial charge in [-0.2, -0.15) is 0 Å². The molecule has 6 heteroatoms. The topological polar surface area (TPSA) is 46.3 Å². The van der Waals surface area contributed by atoms with Crippen LogP contribution in [0.4, 0.5) is 5.13 Å². The number of amides is 1. The minimum atomic E-state index is -0.107. The number of carbonyl (C=O) groups excluding carboxylic acids is 1. The summed E-state index contributed by atoms with van der Waals surface area (Å²) in [6, 6.07) is 17.1. The summed E-state index contributed by atoms with van der Waals surface area (Å²) in [4.78, 5) is 19.5. The van der Waals surface area contributed by atoms with E-state index < -0.39 is 0 Å². The van der Waals surface area contributed by atoms with Crippen molar-refractivity contribution >= 4 is 48.5 Å². The first-order chi connectivity index (χ1) is 12.6. The Morgan fingerprint density at radius 2 is 2.00 bits per heavy atom. The zero-order chi connectivity index (χ0) is 18.1. The Morgan fingerprint density at radius 1 is 1.19 bits per heavy atom. The number of halogens is 1. The minimum absolute atomic E-state index is 0.107. The number of aromatic nitrogens is 1. The zero-order valence-corrected chi connectivity index (χ0v) is 16.4. The number of aryl methyl sites for hydroxylation is 1. The second-order valence-electron chi connectivity index (χ2n) is 5.95. The van der Waals surface area contributed by atoms with Crippen LogP contribution >= 0.6 is 27.3 Å². The molecular formula is C20H15BrN2O2S. The van der Waals surface area contributed by atoms with E-state index in [9.17, 15) is 4.79 Å². The Balaban J connectivity index is 1.76. The van der Waals surface area contributed by atoms with Crippen molar-refractivity contribution in [1.82, 2.24) is 4.98 Å². The van der Waals surface area contributed by atoms with Crippen molar-refractivity contribution in [1.29, 1.82) is 0 Å². The van der Waals surface area contributed by atoms with Gasteiger partial charge in [0.1, 0.15) is 5.76 Å². The van der Waals surface area contributed by atoms with E-state index in [1.807, 2.05) is 43.3 Å². The van der Waals surface area contributed by atoms with Gasteiger partial charge in [-0.1, -0.05) is 33.3 Å². The Hall–Kier alpha value is -2.44. The van der Waals surface area contributed by atoms with Crippen LogP contribution in [0.2, 0.25) is 0 Å². The molecule has 1 amide bonds. The number of furan rings is 1. The fraction of sp³-hybridized carbons (Fsp3) is 0.100. The van der Waals surface area contributed by atoms with Crippen LogP contribution in [0.3, 0.4) is 0 Å². The van der Waals surface area contributed by atoms with Crippen LogP contribution in [0.15, 0.2) is 69.8 Å². The van der Waals surface area contributed by atoms with Crippen molar-refractivity contribution in [3.8, 4) is 0 Å². The van der Waals surface area contributed by atoms with Crippen LogP contribution < -0.4 is 4.90 Å². The molecule has 0 bridgehead atoms. The predicted octanol–water partition coefficient (Wildman–Crippen LogP) is 5.81. The second-order valence-corrected chi connectivity index (χ2v) is 7.87. The molecule has 0 unspecified atom stereocenters. The SMILES string of the molecule is Cc1ccc2nc(N(Cc3ccco3)C(=O)c3ccc(Br)cc3)sc2c1. The highest BCUT2D eigenvalue weighted by Gasteiger charge is 2.22. The molecule has 0 aliphatic rings. The van der Waals surface area contributed by atoms with Crippen LogP contribution in [0.25, 0.3) is 10.2 Å². The summed E-state index contributed by atoms with van der Waals surface area (Å²) < 4.78 is 7.45. The van der Waals surface area contributed by atoms with E-state index in [1.165, 1.54) is 16.9 Å². The van der Waals surface area contributed by atoms with E-state index in [-0.39, 0.29) is 5.91 Å². The highest BCUT2D eigenvalue weighted by atomic mass is 79.9. The zero-order valence-electron chi connectivity index (χ0n) is 14.0. The molecule has 0 saturated carbocycles. The fourth-order valence-electron chi connectivity index (χ4n) is 2.67. The van der Waals surface area contributed by atoms with Crippen LogP contribution in [-0.4, -0.2) is 10.9 Å². The molecule has 4 rings (SSSR count). The number of anilines is 1. The summed E-state index contributed by atoms with van der Waals surface area (Å²) in [5.74, 6) is 0.607. The van der Waals surface area contributed by atoms with Gasteiger partial charge in [-0.15, -0.1) is 0 Å². The first-order valence-corrected chi connectivity index (χ1v) is 9.68. The van der Waals surface area contributed by atoms with E-state index in [1.54, 1.807) is 23.3 Å². The highest BCUT2D eigenvalue weighted by molar-refractivity contribution is 9.10. The molecule has 130 valence electrons. The van der Waals surface area contributed by atoms with E-state index in [4.69, 9.17) is 4.42 Å². The van der Waals surface area contributed by atoms with Gasteiger partial charge in [0.25, 0.3) is 5.91 Å². The lowest BCUT2D eigenvalue weighted by atomic mass is 10.2. The van der Waals surface area contributed by atoms with Crippen molar-refractivity contribution in [3.05, 3.63) is 82.2 Å². The number of fused-ring (bicyclic) bond motifs is 1. The Labute approximate surface area is 163 Å². The van der Waals surface area contributed by atoms with Gasteiger partial charge in [0.15, 0.2) is 5.13 Å². The van der Waals surface area contributed by atoms with E-state index >= 15 is 0 Å². The lowest BCUT2D eigenvalue weighted by Crippen LogP contribution is -2.30. The smallest absolute Gasteiger partial charge is 0.260 e. The van der Waals surface area contributed by atoms with Gasteiger partial charge >= 0.3 is 0 Å². The molecule has 0 N–H and O–H groups in total. The van der Waals surface area contributed by atoms with Crippen LogP contribution in [0.1, 0.15) is 21.7 Å². The van der Waals surface area contributed by atoms with Crippen LogP contribution in [0, 0.1) is 6.92 Å². The Kier molecular flexibility index (Phi) is 4.61. The molecular weight excluding hydrogens is 412 g/mol. The first-order valence-electron chi connectivity index (χ1n) is 8.07. The third-order valence-electron chi connectivity index (χ3n) is 3.99. The summed E-state index contributed by atoms with van der Waals surface area (Å²) in [5, 5.41) is 0.662. The molecule has 2 heterocycles. The molecule has 0 spiro atoms. The molecule has 0 fully saturated rings. The fourth-order valence-corrected chi connectivity index (χ4v) is 3.99. The summed E-state index contributed by atoms with van der Waals surface area (Å²) in [5.41, 5.74) is 2.67. The monoisotopic (exact) mass is 426 g/mol. The molecule has 26 heavy (non-hydrogen) atoms. The van der Waals surface area contributed by atoms with Crippen LogP contribution in [-0.2, 0) is 6.54 Å². The maximum atomic E-state index is 13.2. The average molecular weight is 427 g/mol. The van der Waals surface area contributed by atoms with Crippen molar-refractivity contribution in [2.75, 3.05) is 4.90 Å². The quantitative estimate of drug-likeness (QED) is 0.413. The molecule has 4 nitrogen and oxygen atoms in total. The summed E-state index contributed by atoms with van der Waals surface area (Å²) in [6.07, 6.45) is 1.61. The van der Waals surface area contributed by atoms with Gasteiger partial charge in [0.2, 0.25) is 0 Å². The maximum Gasteiger partial charge on any atom is 0.260 e. The van der Waals surface area contributed by atoms with Crippen LogP contribution in [0.5, 0.6) is 0 Å². The van der Waals surface area contributed by atoms with E-state index in [0.29, 0.717) is 23.0 Å². The Morgan fingerprint density at radius 3 is 2.73 bits per heavy atom. The third kappa shape index (κ3) is 3.43.